The summed E-state index contributed by atoms with van der Waals surface area (Å²) in [6.07, 6.45) is 1.51. The summed E-state index contributed by atoms with van der Waals surface area (Å²) in [6, 6.07) is 16.8. The summed E-state index contributed by atoms with van der Waals surface area (Å²) in [5, 5.41) is 5.75. The fraction of sp³-hybridized carbons (Fsp3) is 0.200. The van der Waals surface area contributed by atoms with Crippen LogP contribution < -0.4 is 5.32 Å². The van der Waals surface area contributed by atoms with Crippen LogP contribution in [0, 0.1) is 5.82 Å². The third kappa shape index (κ3) is 5.22. The third-order valence-electron chi connectivity index (χ3n) is 3.81. The smallest absolute Gasteiger partial charge is 0.226 e. The van der Waals surface area contributed by atoms with E-state index < -0.39 is 0 Å². The SMILES string of the molecule is O=C(Cc1csc(Cc2ccccc2)n1)NCCc1ccccc1F. The molecule has 0 aliphatic rings. The first-order valence-electron chi connectivity index (χ1n) is 8.18. The molecule has 0 aliphatic carbocycles. The maximum atomic E-state index is 13.5. The van der Waals surface area contributed by atoms with Gasteiger partial charge in [0, 0.05) is 18.3 Å². The highest BCUT2D eigenvalue weighted by Crippen LogP contribution is 2.15. The zero-order valence-electron chi connectivity index (χ0n) is 13.7. The highest BCUT2D eigenvalue weighted by atomic mass is 32.1. The Hall–Kier alpha value is -2.53. The number of carbonyl (C=O) groups is 1. The molecule has 128 valence electrons. The van der Waals surface area contributed by atoms with Gasteiger partial charge in [0.2, 0.25) is 5.91 Å². The zero-order chi connectivity index (χ0) is 17.5. The number of aromatic nitrogens is 1. The highest BCUT2D eigenvalue weighted by molar-refractivity contribution is 7.09. The van der Waals surface area contributed by atoms with Gasteiger partial charge in [0.15, 0.2) is 0 Å². The molecule has 0 unspecified atom stereocenters. The number of amides is 1. The van der Waals surface area contributed by atoms with E-state index in [-0.39, 0.29) is 18.1 Å². The predicted molar refractivity (Wildman–Crippen MR) is 98.2 cm³/mol. The van der Waals surface area contributed by atoms with Crippen LogP contribution in [0.3, 0.4) is 0 Å². The van der Waals surface area contributed by atoms with Crippen molar-refractivity contribution in [1.82, 2.24) is 10.3 Å². The maximum Gasteiger partial charge on any atom is 0.226 e. The van der Waals surface area contributed by atoms with Gasteiger partial charge in [0.1, 0.15) is 5.82 Å². The molecule has 1 aromatic heterocycles. The molecule has 1 N–H and O–H groups in total. The molecule has 5 heteroatoms. The summed E-state index contributed by atoms with van der Waals surface area (Å²) >= 11 is 1.57. The number of thiazole rings is 1. The van der Waals surface area contributed by atoms with Gasteiger partial charge in [-0.1, -0.05) is 48.5 Å². The minimum Gasteiger partial charge on any atom is -0.355 e. The van der Waals surface area contributed by atoms with Crippen LogP contribution in [0.4, 0.5) is 4.39 Å². The first kappa shape index (κ1) is 17.3. The number of benzene rings is 2. The van der Waals surface area contributed by atoms with Crippen molar-refractivity contribution < 1.29 is 9.18 Å². The molecule has 0 spiro atoms. The quantitative estimate of drug-likeness (QED) is 0.702. The summed E-state index contributed by atoms with van der Waals surface area (Å²) in [7, 11) is 0. The number of hydrogen-bond acceptors (Lipinski definition) is 3. The second-order valence-corrected chi connectivity index (χ2v) is 6.71. The summed E-state index contributed by atoms with van der Waals surface area (Å²) in [4.78, 5) is 16.5. The van der Waals surface area contributed by atoms with Gasteiger partial charge >= 0.3 is 0 Å². The molecule has 0 atom stereocenters. The van der Waals surface area contributed by atoms with Gasteiger partial charge in [-0.3, -0.25) is 4.79 Å². The number of halogens is 1. The van der Waals surface area contributed by atoms with E-state index in [0.29, 0.717) is 18.5 Å². The molecule has 1 amide bonds. The predicted octanol–water partition coefficient (Wildman–Crippen LogP) is 3.77. The fourth-order valence-electron chi connectivity index (χ4n) is 2.55. The Morgan fingerprint density at radius 3 is 2.64 bits per heavy atom. The Morgan fingerprint density at radius 2 is 1.84 bits per heavy atom. The molecular weight excluding hydrogens is 335 g/mol. The fourth-order valence-corrected chi connectivity index (χ4v) is 3.37. The van der Waals surface area contributed by atoms with Gasteiger partial charge in [-0.05, 0) is 23.6 Å². The van der Waals surface area contributed by atoms with Crippen LogP contribution in [-0.4, -0.2) is 17.4 Å². The lowest BCUT2D eigenvalue weighted by atomic mass is 10.1. The Morgan fingerprint density at radius 1 is 1.08 bits per heavy atom. The van der Waals surface area contributed by atoms with Gasteiger partial charge < -0.3 is 5.32 Å². The average molecular weight is 354 g/mol. The second kappa shape index (κ2) is 8.53. The number of rotatable bonds is 7. The normalized spacial score (nSPS) is 10.6. The Labute approximate surface area is 150 Å². The van der Waals surface area contributed by atoms with Gasteiger partial charge in [-0.15, -0.1) is 11.3 Å². The lowest BCUT2D eigenvalue weighted by Gasteiger charge is -2.05. The van der Waals surface area contributed by atoms with Crippen molar-refractivity contribution in [2.75, 3.05) is 6.54 Å². The van der Waals surface area contributed by atoms with E-state index in [1.165, 1.54) is 11.6 Å². The molecule has 3 nitrogen and oxygen atoms in total. The number of carbonyl (C=O) groups excluding carboxylic acids is 1. The monoisotopic (exact) mass is 354 g/mol. The van der Waals surface area contributed by atoms with Crippen molar-refractivity contribution >= 4 is 17.2 Å². The van der Waals surface area contributed by atoms with Crippen molar-refractivity contribution in [3.05, 3.63) is 87.6 Å². The number of hydrogen-bond donors (Lipinski definition) is 1. The molecule has 0 saturated heterocycles. The van der Waals surface area contributed by atoms with Crippen LogP contribution in [0.15, 0.2) is 60.0 Å². The van der Waals surface area contributed by atoms with Crippen LogP contribution in [0.5, 0.6) is 0 Å². The zero-order valence-corrected chi connectivity index (χ0v) is 14.6. The van der Waals surface area contributed by atoms with Crippen LogP contribution >= 0.6 is 11.3 Å². The van der Waals surface area contributed by atoms with Crippen molar-refractivity contribution in [2.45, 2.75) is 19.3 Å². The van der Waals surface area contributed by atoms with Gasteiger partial charge in [-0.25, -0.2) is 9.37 Å². The molecule has 0 radical (unpaired) electrons. The summed E-state index contributed by atoms with van der Waals surface area (Å²) in [5.41, 5.74) is 2.60. The van der Waals surface area contributed by atoms with Crippen molar-refractivity contribution in [2.24, 2.45) is 0 Å². The maximum absolute atomic E-state index is 13.5. The van der Waals surface area contributed by atoms with E-state index >= 15 is 0 Å². The number of nitrogens with one attached hydrogen (secondary N) is 1. The van der Waals surface area contributed by atoms with Gasteiger partial charge in [0.05, 0.1) is 17.1 Å². The lowest BCUT2D eigenvalue weighted by Crippen LogP contribution is -2.27. The van der Waals surface area contributed by atoms with E-state index in [4.69, 9.17) is 0 Å². The van der Waals surface area contributed by atoms with Crippen molar-refractivity contribution in [3.63, 3.8) is 0 Å². The van der Waals surface area contributed by atoms with E-state index in [1.54, 1.807) is 29.5 Å². The first-order chi connectivity index (χ1) is 12.2. The van der Waals surface area contributed by atoms with E-state index in [0.717, 1.165) is 17.1 Å². The van der Waals surface area contributed by atoms with Gasteiger partial charge in [-0.2, -0.15) is 0 Å². The van der Waals surface area contributed by atoms with E-state index in [1.807, 2.05) is 23.6 Å². The van der Waals surface area contributed by atoms with Crippen LogP contribution in [0.2, 0.25) is 0 Å². The molecule has 0 bridgehead atoms. The molecule has 25 heavy (non-hydrogen) atoms. The van der Waals surface area contributed by atoms with Gasteiger partial charge in [0.25, 0.3) is 0 Å². The molecule has 0 fully saturated rings. The minimum atomic E-state index is -0.234. The Balaban J connectivity index is 1.46. The van der Waals surface area contributed by atoms with E-state index in [9.17, 15) is 9.18 Å². The molecular formula is C20H19FN2OS. The molecule has 0 saturated carbocycles. The summed E-state index contributed by atoms with van der Waals surface area (Å²) in [6.45, 7) is 0.417. The highest BCUT2D eigenvalue weighted by Gasteiger charge is 2.08. The lowest BCUT2D eigenvalue weighted by molar-refractivity contribution is -0.120. The largest absolute Gasteiger partial charge is 0.355 e. The van der Waals surface area contributed by atoms with Crippen LogP contribution in [-0.2, 0) is 24.1 Å². The van der Waals surface area contributed by atoms with E-state index in [2.05, 4.69) is 22.4 Å². The second-order valence-electron chi connectivity index (χ2n) is 5.76. The Kier molecular flexibility index (Phi) is 5.90. The molecule has 0 aliphatic heterocycles. The van der Waals surface area contributed by atoms with Crippen molar-refractivity contribution in [3.8, 4) is 0 Å². The first-order valence-corrected chi connectivity index (χ1v) is 9.06. The van der Waals surface area contributed by atoms with Crippen LogP contribution in [0.1, 0.15) is 21.8 Å². The molecule has 2 aromatic carbocycles. The summed E-state index contributed by atoms with van der Waals surface area (Å²) in [5.74, 6) is -0.324. The molecule has 3 aromatic rings. The van der Waals surface area contributed by atoms with Crippen molar-refractivity contribution in [1.29, 1.82) is 0 Å². The number of nitrogens with zero attached hydrogens (tertiary/aromatic N) is 1. The molecule has 1 heterocycles. The summed E-state index contributed by atoms with van der Waals surface area (Å²) < 4.78 is 13.5. The van der Waals surface area contributed by atoms with Crippen LogP contribution in [0.25, 0.3) is 0 Å². The standard InChI is InChI=1S/C20H19FN2OS/c21-18-9-5-4-8-16(18)10-11-22-19(24)13-17-14-25-20(23-17)12-15-6-2-1-3-7-15/h1-9,14H,10-13H2,(H,22,24). The molecule has 3 rings (SSSR count). The average Bonchev–Trinajstić information content (AvgIpc) is 3.04. The topological polar surface area (TPSA) is 42.0 Å². The third-order valence-corrected chi connectivity index (χ3v) is 4.71. The minimum absolute atomic E-state index is 0.0899. The Bertz CT molecular complexity index is 832.